The zero-order valence-electron chi connectivity index (χ0n) is 12.2. The molecule has 0 unspecified atom stereocenters. The summed E-state index contributed by atoms with van der Waals surface area (Å²) in [6.45, 7) is 3.39. The minimum absolute atomic E-state index is 0.146. The van der Waals surface area contributed by atoms with E-state index in [0.717, 1.165) is 11.3 Å². The molecule has 0 saturated heterocycles. The molecule has 1 heterocycles. The van der Waals surface area contributed by atoms with E-state index in [1.165, 1.54) is 30.5 Å². The largest absolute Gasteiger partial charge is 0.388 e. The van der Waals surface area contributed by atoms with E-state index in [-0.39, 0.29) is 16.4 Å². The van der Waals surface area contributed by atoms with E-state index in [2.05, 4.69) is 9.71 Å². The van der Waals surface area contributed by atoms with Crippen molar-refractivity contribution >= 4 is 21.4 Å². The fourth-order valence-electron chi connectivity index (χ4n) is 1.99. The predicted octanol–water partition coefficient (Wildman–Crippen LogP) is 2.38. The minimum Gasteiger partial charge on any atom is -0.388 e. The molecule has 2 rings (SSSR count). The Kier molecular flexibility index (Phi) is 5.28. The Labute approximate surface area is 132 Å². The molecule has 0 saturated carbocycles. The van der Waals surface area contributed by atoms with E-state index >= 15 is 0 Å². The summed E-state index contributed by atoms with van der Waals surface area (Å²) in [5, 5.41) is 10.8. The van der Waals surface area contributed by atoms with E-state index in [1.807, 2.05) is 0 Å². The average Bonchev–Trinajstić information content (AvgIpc) is 2.86. The highest BCUT2D eigenvalue weighted by molar-refractivity contribution is 7.91. The van der Waals surface area contributed by atoms with Crippen molar-refractivity contribution in [2.45, 2.75) is 36.6 Å². The molecule has 0 aliphatic rings. The summed E-state index contributed by atoms with van der Waals surface area (Å²) in [6.07, 6.45) is 0.621. The first kappa shape index (κ1) is 17.0. The van der Waals surface area contributed by atoms with Crippen molar-refractivity contribution in [3.05, 3.63) is 46.9 Å². The van der Waals surface area contributed by atoms with Crippen LogP contribution in [0.2, 0.25) is 0 Å². The maximum absolute atomic E-state index is 12.8. The molecular weight excluding hydrogens is 327 g/mol. The van der Waals surface area contributed by atoms with Gasteiger partial charge in [-0.15, -0.1) is 11.3 Å². The van der Waals surface area contributed by atoms with Crippen LogP contribution < -0.4 is 4.72 Å². The lowest BCUT2D eigenvalue weighted by Gasteiger charge is -2.17. The second-order valence-electron chi connectivity index (χ2n) is 5.02. The molecule has 0 amide bonds. The Hall–Kier alpha value is -1.35. The van der Waals surface area contributed by atoms with E-state index in [9.17, 15) is 17.9 Å². The lowest BCUT2D eigenvalue weighted by molar-refractivity contribution is 0.158. The van der Waals surface area contributed by atoms with Gasteiger partial charge in [-0.2, -0.15) is 0 Å². The van der Waals surface area contributed by atoms with E-state index in [0.29, 0.717) is 10.6 Å². The molecule has 1 aromatic heterocycles. The maximum Gasteiger partial charge on any atom is 0.251 e. The monoisotopic (exact) mass is 344 g/mol. The number of nitrogens with one attached hydrogen (secondary N) is 1. The van der Waals surface area contributed by atoms with Crippen LogP contribution >= 0.6 is 11.3 Å². The molecule has 8 heteroatoms. The SMILES string of the molecule is Cc1ncc(S(=O)(=O)N[C@H](C)C[C@@H](O)c2ccc(F)cc2)s1. The Morgan fingerprint density at radius 2 is 2.00 bits per heavy atom. The fourth-order valence-corrected chi connectivity index (χ4v) is 4.37. The summed E-state index contributed by atoms with van der Waals surface area (Å²) >= 11 is 1.09. The number of aliphatic hydroxyl groups is 1. The molecular formula is C14H17FN2O3S2. The van der Waals surface area contributed by atoms with Crippen LogP contribution in [0.5, 0.6) is 0 Å². The van der Waals surface area contributed by atoms with Gasteiger partial charge in [0.15, 0.2) is 4.21 Å². The van der Waals surface area contributed by atoms with E-state index < -0.39 is 22.2 Å². The summed E-state index contributed by atoms with van der Waals surface area (Å²) in [4.78, 5) is 3.92. The van der Waals surface area contributed by atoms with Crippen LogP contribution in [0.3, 0.4) is 0 Å². The van der Waals surface area contributed by atoms with Gasteiger partial charge in [-0.3, -0.25) is 0 Å². The molecule has 2 N–H and O–H groups in total. The average molecular weight is 344 g/mol. The molecule has 0 fully saturated rings. The molecule has 0 spiro atoms. The second kappa shape index (κ2) is 6.82. The van der Waals surface area contributed by atoms with Gasteiger partial charge < -0.3 is 5.11 Å². The molecule has 5 nitrogen and oxygen atoms in total. The number of aromatic nitrogens is 1. The van der Waals surface area contributed by atoms with Crippen molar-refractivity contribution in [3.8, 4) is 0 Å². The van der Waals surface area contributed by atoms with Gasteiger partial charge in [0.25, 0.3) is 10.0 Å². The molecule has 0 aliphatic heterocycles. The molecule has 0 radical (unpaired) electrons. The summed E-state index contributed by atoms with van der Waals surface area (Å²) in [7, 11) is -3.64. The van der Waals surface area contributed by atoms with Gasteiger partial charge in [-0.1, -0.05) is 12.1 Å². The molecule has 1 aromatic carbocycles. The highest BCUT2D eigenvalue weighted by atomic mass is 32.2. The van der Waals surface area contributed by atoms with Crippen LogP contribution in [-0.4, -0.2) is 24.6 Å². The zero-order chi connectivity index (χ0) is 16.3. The van der Waals surface area contributed by atoms with Crippen molar-refractivity contribution in [3.63, 3.8) is 0 Å². The van der Waals surface area contributed by atoms with E-state index in [1.54, 1.807) is 13.8 Å². The maximum atomic E-state index is 12.8. The standard InChI is InChI=1S/C14H17FN2O3S2/c1-9(7-13(18)11-3-5-12(15)6-4-11)17-22(19,20)14-8-16-10(2)21-14/h3-6,8-9,13,17-18H,7H2,1-2H3/t9-,13-/m1/s1. The Balaban J connectivity index is 2.00. The van der Waals surface area contributed by atoms with Gasteiger partial charge in [0.1, 0.15) is 5.82 Å². The quantitative estimate of drug-likeness (QED) is 0.843. The highest BCUT2D eigenvalue weighted by Gasteiger charge is 2.22. The van der Waals surface area contributed by atoms with Crippen molar-refractivity contribution in [1.29, 1.82) is 0 Å². The third-order valence-corrected chi connectivity index (χ3v) is 6.02. The molecule has 120 valence electrons. The van der Waals surface area contributed by atoms with Crippen molar-refractivity contribution in [2.24, 2.45) is 0 Å². The summed E-state index contributed by atoms with van der Waals surface area (Å²) in [6, 6.07) is 5.00. The number of benzene rings is 1. The van der Waals surface area contributed by atoms with Gasteiger partial charge in [0.05, 0.1) is 17.3 Å². The van der Waals surface area contributed by atoms with Crippen molar-refractivity contribution < 1.29 is 17.9 Å². The number of sulfonamides is 1. The minimum atomic E-state index is -3.64. The number of aryl methyl sites for hydroxylation is 1. The third-order valence-electron chi connectivity index (χ3n) is 3.05. The number of hydrogen-bond acceptors (Lipinski definition) is 5. The van der Waals surface area contributed by atoms with Crippen LogP contribution in [0.1, 0.15) is 30.0 Å². The third kappa shape index (κ3) is 4.33. The van der Waals surface area contributed by atoms with Crippen LogP contribution in [0.25, 0.3) is 0 Å². The predicted molar refractivity (Wildman–Crippen MR) is 82.6 cm³/mol. The lowest BCUT2D eigenvalue weighted by Crippen LogP contribution is -2.33. The second-order valence-corrected chi connectivity index (χ2v) is 8.20. The first-order valence-corrected chi connectivity index (χ1v) is 8.96. The van der Waals surface area contributed by atoms with Gasteiger partial charge in [-0.05, 0) is 38.0 Å². The summed E-state index contributed by atoms with van der Waals surface area (Å²) in [5.74, 6) is -0.384. The Bertz CT molecular complexity index is 729. The van der Waals surface area contributed by atoms with Crippen LogP contribution in [0.15, 0.2) is 34.7 Å². The first-order chi connectivity index (χ1) is 10.3. The molecule has 22 heavy (non-hydrogen) atoms. The number of hydrogen-bond donors (Lipinski definition) is 2. The van der Waals surface area contributed by atoms with Crippen molar-refractivity contribution in [2.75, 3.05) is 0 Å². The van der Waals surface area contributed by atoms with Gasteiger partial charge >= 0.3 is 0 Å². The lowest BCUT2D eigenvalue weighted by atomic mass is 10.0. The van der Waals surface area contributed by atoms with Crippen LogP contribution in [-0.2, 0) is 10.0 Å². The topological polar surface area (TPSA) is 79.3 Å². The number of aliphatic hydroxyl groups excluding tert-OH is 1. The fraction of sp³-hybridized carbons (Fsp3) is 0.357. The molecule has 0 bridgehead atoms. The molecule has 2 atom stereocenters. The van der Waals surface area contributed by atoms with Crippen LogP contribution in [0.4, 0.5) is 4.39 Å². The van der Waals surface area contributed by atoms with Gasteiger partial charge in [0.2, 0.25) is 0 Å². The zero-order valence-corrected chi connectivity index (χ0v) is 13.8. The van der Waals surface area contributed by atoms with Gasteiger partial charge in [0, 0.05) is 6.04 Å². The number of nitrogens with zero attached hydrogens (tertiary/aromatic N) is 1. The first-order valence-electron chi connectivity index (χ1n) is 6.66. The normalized spacial score (nSPS) is 14.7. The van der Waals surface area contributed by atoms with E-state index in [4.69, 9.17) is 0 Å². The van der Waals surface area contributed by atoms with Crippen LogP contribution in [0, 0.1) is 12.7 Å². The highest BCUT2D eigenvalue weighted by Crippen LogP contribution is 2.21. The smallest absolute Gasteiger partial charge is 0.251 e. The number of thiazole rings is 1. The molecule has 2 aromatic rings. The number of halogens is 1. The van der Waals surface area contributed by atoms with Gasteiger partial charge in [-0.25, -0.2) is 22.5 Å². The Morgan fingerprint density at radius 1 is 1.36 bits per heavy atom. The van der Waals surface area contributed by atoms with Crippen molar-refractivity contribution in [1.82, 2.24) is 9.71 Å². The summed E-state index contributed by atoms with van der Waals surface area (Å²) < 4.78 is 39.8. The Morgan fingerprint density at radius 3 is 2.55 bits per heavy atom. The number of rotatable bonds is 6. The summed E-state index contributed by atoms with van der Waals surface area (Å²) in [5.41, 5.74) is 0.543. The molecule has 0 aliphatic carbocycles.